The highest BCUT2D eigenvalue weighted by atomic mass is 32.2. The summed E-state index contributed by atoms with van der Waals surface area (Å²) in [5.41, 5.74) is 0.673. The van der Waals surface area contributed by atoms with E-state index in [4.69, 9.17) is 9.47 Å². The zero-order chi connectivity index (χ0) is 24.6. The molecule has 1 aromatic rings. The van der Waals surface area contributed by atoms with Crippen molar-refractivity contribution in [2.75, 3.05) is 25.1 Å². The number of nitrogens with one attached hydrogen (secondary N) is 4. The van der Waals surface area contributed by atoms with E-state index in [9.17, 15) is 27.6 Å². The highest BCUT2D eigenvalue weighted by Crippen LogP contribution is 2.16. The fourth-order valence-corrected chi connectivity index (χ4v) is 3.94. The van der Waals surface area contributed by atoms with Gasteiger partial charge in [0.25, 0.3) is 0 Å². The number of ether oxygens (including phenoxy) is 2. The largest absolute Gasteiger partial charge is 0.463 e. The van der Waals surface area contributed by atoms with Gasteiger partial charge in [-0.3, -0.25) is 9.59 Å². The van der Waals surface area contributed by atoms with Gasteiger partial charge in [-0.25, -0.2) is 22.7 Å². The van der Waals surface area contributed by atoms with Crippen LogP contribution >= 0.6 is 0 Å². The van der Waals surface area contributed by atoms with Crippen molar-refractivity contribution in [1.82, 2.24) is 15.4 Å². The van der Waals surface area contributed by atoms with Crippen LogP contribution in [0, 0.1) is 0 Å². The Kier molecular flexibility index (Phi) is 8.94. The Morgan fingerprint density at radius 1 is 1.12 bits per heavy atom. The number of sulfonamides is 1. The van der Waals surface area contributed by atoms with E-state index in [0.717, 1.165) is 0 Å². The second-order valence-electron chi connectivity index (χ2n) is 6.95. The van der Waals surface area contributed by atoms with Crippen molar-refractivity contribution < 1.29 is 37.1 Å². The Balaban J connectivity index is 1.91. The fraction of sp³-hybridized carbons (Fsp3) is 0.400. The summed E-state index contributed by atoms with van der Waals surface area (Å²) >= 11 is 0. The van der Waals surface area contributed by atoms with E-state index >= 15 is 0 Å². The SMILES string of the molecule is CCOC(=O)C1=C(COC(=O)CCNS(=O)(=O)c2ccc(NC(C)=O)cc2)NC(=O)N[C@H]1C. The number of hydrogen-bond acceptors (Lipinski definition) is 8. The maximum absolute atomic E-state index is 12.3. The Hall–Kier alpha value is -3.45. The second-order valence-corrected chi connectivity index (χ2v) is 8.71. The van der Waals surface area contributed by atoms with Crippen LogP contribution in [0.4, 0.5) is 10.5 Å². The number of amides is 3. The van der Waals surface area contributed by atoms with Gasteiger partial charge in [0.1, 0.15) is 6.61 Å². The molecule has 2 rings (SSSR count). The number of carbonyl (C=O) groups excluding carboxylic acids is 4. The minimum Gasteiger partial charge on any atom is -0.463 e. The van der Waals surface area contributed by atoms with Gasteiger partial charge in [-0.15, -0.1) is 0 Å². The van der Waals surface area contributed by atoms with Crippen molar-refractivity contribution in [2.45, 2.75) is 38.1 Å². The molecule has 0 unspecified atom stereocenters. The molecule has 12 nitrogen and oxygen atoms in total. The van der Waals surface area contributed by atoms with Gasteiger partial charge in [0.15, 0.2) is 0 Å². The summed E-state index contributed by atoms with van der Waals surface area (Å²) in [5.74, 6) is -1.68. The average molecular weight is 483 g/mol. The summed E-state index contributed by atoms with van der Waals surface area (Å²) in [5, 5.41) is 7.47. The first kappa shape index (κ1) is 25.8. The summed E-state index contributed by atoms with van der Waals surface area (Å²) in [6.45, 7) is 4.07. The number of urea groups is 1. The van der Waals surface area contributed by atoms with Crippen LogP contribution in [0.5, 0.6) is 0 Å². The van der Waals surface area contributed by atoms with Gasteiger partial charge in [-0.1, -0.05) is 0 Å². The molecule has 1 aromatic carbocycles. The number of carbonyl (C=O) groups is 4. The molecule has 33 heavy (non-hydrogen) atoms. The first-order chi connectivity index (χ1) is 15.5. The van der Waals surface area contributed by atoms with Gasteiger partial charge in [0.2, 0.25) is 15.9 Å². The highest BCUT2D eigenvalue weighted by molar-refractivity contribution is 7.89. The van der Waals surface area contributed by atoms with Crippen LogP contribution in [-0.2, 0) is 33.9 Å². The molecule has 3 amide bonds. The molecule has 4 N–H and O–H groups in total. The second kappa shape index (κ2) is 11.4. The maximum Gasteiger partial charge on any atom is 0.338 e. The number of hydrogen-bond donors (Lipinski definition) is 4. The van der Waals surface area contributed by atoms with Crippen molar-refractivity contribution in [3.63, 3.8) is 0 Å². The third kappa shape index (κ3) is 7.57. The fourth-order valence-electron chi connectivity index (χ4n) is 2.91. The van der Waals surface area contributed by atoms with E-state index in [1.807, 2.05) is 0 Å². The lowest BCUT2D eigenvalue weighted by Crippen LogP contribution is -2.50. The van der Waals surface area contributed by atoms with E-state index in [2.05, 4.69) is 20.7 Å². The lowest BCUT2D eigenvalue weighted by molar-refractivity contribution is -0.143. The monoisotopic (exact) mass is 482 g/mol. The Bertz CT molecular complexity index is 1050. The standard InChI is InChI=1S/C20H26N4O8S/c1-4-31-19(27)18-12(2)22-20(28)24-16(18)11-32-17(26)9-10-21-33(29,30)15-7-5-14(6-8-15)23-13(3)25/h5-8,12,21H,4,9-11H2,1-3H3,(H,23,25)(H2,22,24,28)/t12-/m0/s1. The van der Waals surface area contributed by atoms with Crippen LogP contribution in [-0.4, -0.2) is 58.1 Å². The summed E-state index contributed by atoms with van der Waals surface area (Å²) in [4.78, 5) is 46.9. The maximum atomic E-state index is 12.3. The zero-order valence-electron chi connectivity index (χ0n) is 18.4. The van der Waals surface area contributed by atoms with Gasteiger partial charge >= 0.3 is 18.0 Å². The van der Waals surface area contributed by atoms with Gasteiger partial charge in [0.05, 0.1) is 35.2 Å². The molecule has 0 bridgehead atoms. The summed E-state index contributed by atoms with van der Waals surface area (Å²) in [6.07, 6.45) is -0.285. The number of rotatable bonds is 10. The molecule has 1 atom stereocenters. The molecule has 0 aromatic heterocycles. The Morgan fingerprint density at radius 2 is 1.79 bits per heavy atom. The summed E-state index contributed by atoms with van der Waals surface area (Å²) < 4.78 is 37.0. The van der Waals surface area contributed by atoms with Crippen LogP contribution in [0.2, 0.25) is 0 Å². The minimum atomic E-state index is -3.88. The Morgan fingerprint density at radius 3 is 2.39 bits per heavy atom. The molecule has 0 radical (unpaired) electrons. The first-order valence-corrected chi connectivity index (χ1v) is 11.5. The molecule has 1 aliphatic rings. The van der Waals surface area contributed by atoms with Crippen LogP contribution in [0.3, 0.4) is 0 Å². The predicted molar refractivity (Wildman–Crippen MR) is 116 cm³/mol. The van der Waals surface area contributed by atoms with Crippen LogP contribution in [0.25, 0.3) is 0 Å². The molecule has 180 valence electrons. The highest BCUT2D eigenvalue weighted by Gasteiger charge is 2.30. The number of anilines is 1. The number of benzene rings is 1. The third-order valence-electron chi connectivity index (χ3n) is 4.35. The van der Waals surface area contributed by atoms with Crippen molar-refractivity contribution in [2.24, 2.45) is 0 Å². The zero-order valence-corrected chi connectivity index (χ0v) is 19.2. The Labute approximate surface area is 191 Å². The molecular weight excluding hydrogens is 456 g/mol. The molecule has 0 saturated carbocycles. The normalized spacial score (nSPS) is 15.8. The molecule has 1 aliphatic heterocycles. The molecule has 1 heterocycles. The van der Waals surface area contributed by atoms with E-state index in [1.165, 1.54) is 31.2 Å². The van der Waals surface area contributed by atoms with Crippen LogP contribution in [0.1, 0.15) is 27.2 Å². The molecule has 0 saturated heterocycles. The summed E-state index contributed by atoms with van der Waals surface area (Å²) in [6, 6.07) is 4.31. The quantitative estimate of drug-likeness (QED) is 0.347. The summed E-state index contributed by atoms with van der Waals surface area (Å²) in [7, 11) is -3.88. The van der Waals surface area contributed by atoms with E-state index < -0.39 is 34.0 Å². The van der Waals surface area contributed by atoms with Gasteiger partial charge in [0, 0.05) is 19.2 Å². The topological polar surface area (TPSA) is 169 Å². The molecular formula is C20H26N4O8S. The van der Waals surface area contributed by atoms with E-state index in [1.54, 1.807) is 13.8 Å². The van der Waals surface area contributed by atoms with Crippen molar-refractivity contribution in [3.05, 3.63) is 35.5 Å². The predicted octanol–water partition coefficient (Wildman–Crippen LogP) is 0.375. The molecule has 0 aliphatic carbocycles. The van der Waals surface area contributed by atoms with Gasteiger partial charge in [-0.05, 0) is 38.1 Å². The molecule has 0 spiro atoms. The third-order valence-corrected chi connectivity index (χ3v) is 5.83. The first-order valence-electron chi connectivity index (χ1n) is 10.0. The lowest BCUT2D eigenvalue weighted by Gasteiger charge is -2.26. The van der Waals surface area contributed by atoms with Crippen molar-refractivity contribution in [1.29, 1.82) is 0 Å². The smallest absolute Gasteiger partial charge is 0.338 e. The number of esters is 2. The van der Waals surface area contributed by atoms with Crippen LogP contribution in [0.15, 0.2) is 40.4 Å². The molecule has 0 fully saturated rings. The lowest BCUT2D eigenvalue weighted by atomic mass is 10.0. The molecule has 13 heteroatoms. The van der Waals surface area contributed by atoms with Crippen LogP contribution < -0.4 is 20.7 Å². The van der Waals surface area contributed by atoms with E-state index in [0.29, 0.717) is 5.69 Å². The van der Waals surface area contributed by atoms with E-state index in [-0.39, 0.29) is 48.3 Å². The van der Waals surface area contributed by atoms with Crippen molar-refractivity contribution in [3.8, 4) is 0 Å². The van der Waals surface area contributed by atoms with Gasteiger partial charge < -0.3 is 25.4 Å². The minimum absolute atomic E-state index is 0.0411. The average Bonchev–Trinajstić information content (AvgIpc) is 2.71. The van der Waals surface area contributed by atoms with Gasteiger partial charge in [-0.2, -0.15) is 0 Å². The van der Waals surface area contributed by atoms with Crippen molar-refractivity contribution >= 4 is 39.6 Å².